The first-order valence-corrected chi connectivity index (χ1v) is 10.7. The summed E-state index contributed by atoms with van der Waals surface area (Å²) in [5, 5.41) is 6.32. The van der Waals surface area contributed by atoms with E-state index >= 15 is 0 Å². The van der Waals surface area contributed by atoms with Gasteiger partial charge < -0.3 is 5.32 Å². The van der Waals surface area contributed by atoms with Gasteiger partial charge in [-0.25, -0.2) is 0 Å². The highest BCUT2D eigenvalue weighted by molar-refractivity contribution is 5.96. The van der Waals surface area contributed by atoms with E-state index in [4.69, 9.17) is 0 Å². The molecule has 0 saturated carbocycles. The lowest BCUT2D eigenvalue weighted by Crippen LogP contribution is -2.52. The zero-order valence-corrected chi connectivity index (χ0v) is 17.4. The van der Waals surface area contributed by atoms with E-state index in [1.807, 2.05) is 13.8 Å². The highest BCUT2D eigenvalue weighted by Crippen LogP contribution is 2.45. The van der Waals surface area contributed by atoms with Crippen LogP contribution in [-0.4, -0.2) is 6.04 Å². The third-order valence-electron chi connectivity index (χ3n) is 6.62. The fraction of sp³-hybridized carbons (Fsp3) is 0.333. The van der Waals surface area contributed by atoms with Gasteiger partial charge in [0.2, 0.25) is 0 Å². The van der Waals surface area contributed by atoms with Gasteiger partial charge in [-0.05, 0) is 58.7 Å². The Labute approximate surface area is 169 Å². The summed E-state index contributed by atoms with van der Waals surface area (Å²) in [6, 6.07) is 23.0. The molecule has 2 aliphatic rings. The summed E-state index contributed by atoms with van der Waals surface area (Å²) in [6.45, 7) is 10.6. The number of aryl methyl sites for hydroxylation is 1. The second-order valence-electron chi connectivity index (χ2n) is 8.16. The minimum absolute atomic E-state index is 0.228. The lowest BCUT2D eigenvalue weighted by atomic mass is 9.63. The molecular weight excluding hydrogens is 338 g/mol. The van der Waals surface area contributed by atoms with Gasteiger partial charge in [0.25, 0.3) is 0 Å². The first kappa shape index (κ1) is 18.8. The highest BCUT2D eigenvalue weighted by Gasteiger charge is 2.42. The Kier molecular flexibility index (Phi) is 5.02. The third-order valence-corrected chi connectivity index (χ3v) is 6.62. The largest absolute Gasteiger partial charge is 0.385 e. The molecule has 3 aromatic carbocycles. The zero-order chi connectivity index (χ0) is 19.7. The van der Waals surface area contributed by atoms with Crippen LogP contribution < -0.4 is 5.32 Å². The van der Waals surface area contributed by atoms with E-state index in [0.29, 0.717) is 6.04 Å². The highest BCUT2D eigenvalue weighted by atomic mass is 15.0. The predicted octanol–water partition coefficient (Wildman–Crippen LogP) is 7.00. The zero-order valence-electron chi connectivity index (χ0n) is 17.4. The molecule has 0 amide bonds. The van der Waals surface area contributed by atoms with Crippen molar-refractivity contribution in [2.24, 2.45) is 0 Å². The number of fused-ring (bicyclic) bond motifs is 4. The molecule has 1 N–H and O–H groups in total. The maximum Gasteiger partial charge on any atom is 0.0355 e. The number of nitrogens with one attached hydrogen (secondary N) is 1. The lowest BCUT2D eigenvalue weighted by Gasteiger charge is -2.48. The maximum absolute atomic E-state index is 4.16. The van der Waals surface area contributed by atoms with E-state index in [-0.39, 0.29) is 5.41 Å². The quantitative estimate of drug-likeness (QED) is 0.487. The van der Waals surface area contributed by atoms with Gasteiger partial charge in [0.05, 0.1) is 0 Å². The first-order chi connectivity index (χ1) is 13.6. The molecule has 1 aliphatic heterocycles. The van der Waals surface area contributed by atoms with Crippen molar-refractivity contribution in [1.29, 1.82) is 0 Å². The molecule has 1 heteroatoms. The molecule has 2 unspecified atom stereocenters. The normalized spacial score (nSPS) is 23.1. The molecule has 1 nitrogen and oxygen atoms in total. The van der Waals surface area contributed by atoms with Crippen molar-refractivity contribution in [3.05, 3.63) is 84.1 Å². The van der Waals surface area contributed by atoms with E-state index in [9.17, 15) is 0 Å². The van der Waals surface area contributed by atoms with E-state index in [1.165, 1.54) is 51.6 Å². The van der Waals surface area contributed by atoms with Crippen LogP contribution in [0.2, 0.25) is 0 Å². The van der Waals surface area contributed by atoms with E-state index in [2.05, 4.69) is 79.5 Å². The molecule has 0 bridgehead atoms. The topological polar surface area (TPSA) is 12.0 Å². The van der Waals surface area contributed by atoms with E-state index < -0.39 is 0 Å². The number of hydrogen-bond acceptors (Lipinski definition) is 1. The minimum atomic E-state index is 0.228. The summed E-state index contributed by atoms with van der Waals surface area (Å²) < 4.78 is 0. The summed E-state index contributed by atoms with van der Waals surface area (Å²) in [6.07, 6.45) is 4.62. The van der Waals surface area contributed by atoms with Crippen LogP contribution in [0.15, 0.2) is 72.9 Å². The van der Waals surface area contributed by atoms with Crippen molar-refractivity contribution in [2.45, 2.75) is 57.9 Å². The molecule has 1 heterocycles. The van der Waals surface area contributed by atoms with Gasteiger partial charge in [0, 0.05) is 17.2 Å². The molecule has 0 spiro atoms. The molecule has 144 valence electrons. The number of benzene rings is 3. The van der Waals surface area contributed by atoms with Crippen molar-refractivity contribution < 1.29 is 0 Å². The van der Waals surface area contributed by atoms with E-state index in [0.717, 1.165) is 12.8 Å². The molecular formula is C27H31N. The number of allylic oxidation sites excluding steroid dienone is 1. The van der Waals surface area contributed by atoms with Crippen LogP contribution >= 0.6 is 0 Å². The smallest absolute Gasteiger partial charge is 0.0355 e. The van der Waals surface area contributed by atoms with Gasteiger partial charge >= 0.3 is 0 Å². The maximum atomic E-state index is 4.16. The van der Waals surface area contributed by atoms with Gasteiger partial charge in [-0.15, -0.1) is 0 Å². The predicted molar refractivity (Wildman–Crippen MR) is 122 cm³/mol. The fourth-order valence-electron chi connectivity index (χ4n) is 5.08. The van der Waals surface area contributed by atoms with Gasteiger partial charge in [-0.3, -0.25) is 0 Å². The SMILES string of the molecule is C=C1CCC2(C)c3ccc(-c4cccc5ccccc45)cc3CCC2N1.CC. The van der Waals surface area contributed by atoms with Crippen molar-refractivity contribution in [1.82, 2.24) is 5.32 Å². The Morgan fingerprint density at radius 1 is 0.964 bits per heavy atom. The van der Waals surface area contributed by atoms with Crippen LogP contribution in [0, 0.1) is 0 Å². The van der Waals surface area contributed by atoms with Crippen LogP contribution in [0.4, 0.5) is 0 Å². The molecule has 0 aromatic heterocycles. The summed E-state index contributed by atoms with van der Waals surface area (Å²) in [4.78, 5) is 0. The molecule has 1 fully saturated rings. The molecule has 1 saturated heterocycles. The molecule has 3 aromatic rings. The van der Waals surface area contributed by atoms with Crippen LogP contribution in [0.25, 0.3) is 21.9 Å². The van der Waals surface area contributed by atoms with Gasteiger partial charge in [0.1, 0.15) is 0 Å². The fourth-order valence-corrected chi connectivity index (χ4v) is 5.08. The monoisotopic (exact) mass is 369 g/mol. The summed E-state index contributed by atoms with van der Waals surface area (Å²) >= 11 is 0. The molecule has 0 radical (unpaired) electrons. The van der Waals surface area contributed by atoms with Gasteiger partial charge in [-0.1, -0.05) is 88.0 Å². The van der Waals surface area contributed by atoms with Crippen LogP contribution in [0.5, 0.6) is 0 Å². The van der Waals surface area contributed by atoms with Gasteiger partial charge in [0.15, 0.2) is 0 Å². The Bertz CT molecular complexity index is 1010. The average Bonchev–Trinajstić information content (AvgIpc) is 2.75. The third kappa shape index (κ3) is 3.03. The van der Waals surface area contributed by atoms with Crippen LogP contribution in [-0.2, 0) is 11.8 Å². The lowest BCUT2D eigenvalue weighted by molar-refractivity contribution is 0.246. The van der Waals surface area contributed by atoms with Crippen molar-refractivity contribution >= 4 is 10.8 Å². The summed E-state index contributed by atoms with van der Waals surface area (Å²) in [7, 11) is 0. The summed E-state index contributed by atoms with van der Waals surface area (Å²) in [5.74, 6) is 0. The Morgan fingerprint density at radius 2 is 1.75 bits per heavy atom. The number of piperidine rings is 1. The number of hydrogen-bond donors (Lipinski definition) is 1. The van der Waals surface area contributed by atoms with Crippen molar-refractivity contribution in [3.63, 3.8) is 0 Å². The molecule has 1 aliphatic carbocycles. The van der Waals surface area contributed by atoms with Gasteiger partial charge in [-0.2, -0.15) is 0 Å². The molecule has 28 heavy (non-hydrogen) atoms. The Morgan fingerprint density at radius 3 is 2.61 bits per heavy atom. The Balaban J connectivity index is 0.000000932. The second kappa shape index (κ2) is 7.47. The van der Waals surface area contributed by atoms with Crippen LogP contribution in [0.1, 0.15) is 51.2 Å². The average molecular weight is 370 g/mol. The Hall–Kier alpha value is -2.54. The van der Waals surface area contributed by atoms with Crippen LogP contribution in [0.3, 0.4) is 0 Å². The summed E-state index contributed by atoms with van der Waals surface area (Å²) in [5.41, 5.74) is 7.19. The second-order valence-corrected chi connectivity index (χ2v) is 8.16. The molecule has 2 atom stereocenters. The van der Waals surface area contributed by atoms with Crippen molar-refractivity contribution in [2.75, 3.05) is 0 Å². The first-order valence-electron chi connectivity index (χ1n) is 10.7. The van der Waals surface area contributed by atoms with Crippen molar-refractivity contribution in [3.8, 4) is 11.1 Å². The number of rotatable bonds is 1. The standard InChI is InChI=1S/C25H25N.C2H6/c1-17-14-15-25(2)23-12-10-19(16-20(23)11-13-24(25)26-17)22-9-5-7-18-6-3-4-8-21(18)22;1-2/h3-10,12,16,24,26H,1,11,13-15H2,2H3;1-2H3. The van der Waals surface area contributed by atoms with E-state index in [1.54, 1.807) is 0 Å². The minimum Gasteiger partial charge on any atom is -0.385 e. The molecule has 5 rings (SSSR count).